The van der Waals surface area contributed by atoms with E-state index in [1.165, 1.54) is 128 Å². The minimum atomic E-state index is -1.43. The van der Waals surface area contributed by atoms with Gasteiger partial charge in [-0.15, -0.1) is 23.6 Å². The second-order valence-electron chi connectivity index (χ2n) is 10.5. The second-order valence-corrected chi connectivity index (χ2v) is 24.6. The maximum Gasteiger partial charge on any atom is 2.00 e. The van der Waals surface area contributed by atoms with Gasteiger partial charge < -0.3 is 24.5 Å². The molecule has 4 aliphatic carbocycles. The Balaban J connectivity index is 0.000000213. The van der Waals surface area contributed by atoms with Crippen LogP contribution in [0.3, 0.4) is 0 Å². The van der Waals surface area contributed by atoms with Crippen molar-refractivity contribution in [3.63, 3.8) is 0 Å². The first-order valence-corrected chi connectivity index (χ1v) is 20.9. The molecule has 0 radical (unpaired) electrons. The van der Waals surface area contributed by atoms with E-state index < -0.39 is 10.5 Å². The van der Waals surface area contributed by atoms with E-state index in [0.717, 1.165) is 22.6 Å². The van der Waals surface area contributed by atoms with Crippen LogP contribution in [0.5, 0.6) is 0 Å². The summed E-state index contributed by atoms with van der Waals surface area (Å²) in [6.45, 7) is 0. The molecule has 0 aromatic heterocycles. The van der Waals surface area contributed by atoms with Gasteiger partial charge in [0, 0.05) is 0 Å². The summed E-state index contributed by atoms with van der Waals surface area (Å²) in [6, 6.07) is 0. The fourth-order valence-electron chi connectivity index (χ4n) is 6.36. The molecule has 7 heteroatoms. The van der Waals surface area contributed by atoms with Crippen molar-refractivity contribution in [2.24, 2.45) is 0 Å². The van der Waals surface area contributed by atoms with Crippen LogP contribution in [0.25, 0.3) is 0 Å². The summed E-state index contributed by atoms with van der Waals surface area (Å²) in [5, 5.41) is -2.85. The van der Waals surface area contributed by atoms with Crippen molar-refractivity contribution in [3.05, 3.63) is 0 Å². The van der Waals surface area contributed by atoms with Crippen molar-refractivity contribution in [1.29, 1.82) is 0 Å². The quantitative estimate of drug-likeness (QED) is 0.183. The average Bonchev–Trinajstić information content (AvgIpc) is 2.82. The number of hydrogen-bond donors (Lipinski definition) is 0. The zero-order valence-corrected chi connectivity index (χ0v) is 27.7. The Bertz CT molecular complexity index is 494. The molecule has 176 valence electrons. The molecule has 0 heterocycles. The Hall–Kier alpha value is 2.62. The predicted molar refractivity (Wildman–Crippen MR) is 151 cm³/mol. The maximum absolute atomic E-state index is 5.91. The van der Waals surface area contributed by atoms with Crippen LogP contribution in [0.4, 0.5) is 0 Å². The molecule has 0 bridgehead atoms. The van der Waals surface area contributed by atoms with Gasteiger partial charge in [-0.2, -0.15) is 10.5 Å². The molecule has 0 N–H and O–H groups in total. The van der Waals surface area contributed by atoms with Crippen LogP contribution in [0, 0.1) is 0 Å². The summed E-state index contributed by atoms with van der Waals surface area (Å²) in [6.07, 6.45) is 27.7. The van der Waals surface area contributed by atoms with E-state index >= 15 is 0 Å². The van der Waals surface area contributed by atoms with E-state index in [9.17, 15) is 0 Å². The normalized spacial score (nSPS) is 25.9. The molecule has 0 nitrogen and oxygen atoms in total. The molecule has 0 unspecified atom stereocenters. The maximum atomic E-state index is 5.91. The van der Waals surface area contributed by atoms with Gasteiger partial charge in [0.25, 0.3) is 0 Å². The Kier molecular flexibility index (Phi) is 14.5. The third-order valence-corrected chi connectivity index (χ3v) is 21.6. The van der Waals surface area contributed by atoms with Gasteiger partial charge in [0.1, 0.15) is 0 Å². The van der Waals surface area contributed by atoms with Gasteiger partial charge in [0.15, 0.2) is 0 Å². The Labute approximate surface area is 227 Å². The first-order chi connectivity index (χ1) is 14.4. The first kappa shape index (κ1) is 29.9. The fourth-order valence-corrected chi connectivity index (χ4v) is 17.0. The summed E-state index contributed by atoms with van der Waals surface area (Å²) in [5.41, 5.74) is 3.11. The second kappa shape index (κ2) is 15.0. The van der Waals surface area contributed by atoms with E-state index in [1.54, 1.807) is 0 Å². The predicted octanol–water partition coefficient (Wildman–Crippen LogP) is 9.18. The molecular formula is C24H44P2S4Zn. The van der Waals surface area contributed by atoms with Gasteiger partial charge in [0.05, 0.1) is 0 Å². The van der Waals surface area contributed by atoms with Crippen molar-refractivity contribution in [2.75, 3.05) is 0 Å². The Morgan fingerprint density at radius 3 is 0.710 bits per heavy atom. The van der Waals surface area contributed by atoms with Crippen LogP contribution < -0.4 is 0 Å². The molecule has 0 atom stereocenters. The summed E-state index contributed by atoms with van der Waals surface area (Å²) in [7, 11) is 0. The van der Waals surface area contributed by atoms with Crippen LogP contribution in [0.1, 0.15) is 128 Å². The summed E-state index contributed by atoms with van der Waals surface area (Å²) < 4.78 is 0. The van der Waals surface area contributed by atoms with E-state index in [0.29, 0.717) is 0 Å². The largest absolute Gasteiger partial charge is 2.00 e. The molecule has 0 aromatic carbocycles. The Morgan fingerprint density at radius 1 is 0.387 bits per heavy atom. The van der Waals surface area contributed by atoms with Crippen molar-refractivity contribution >= 4 is 58.6 Å². The molecular weight excluding hydrogens is 544 g/mol. The Morgan fingerprint density at radius 2 is 0.548 bits per heavy atom. The number of rotatable bonds is 4. The molecule has 0 saturated heterocycles. The van der Waals surface area contributed by atoms with Crippen LogP contribution in [-0.2, 0) is 67.6 Å². The number of hydrogen-bond acceptors (Lipinski definition) is 4. The van der Waals surface area contributed by atoms with Crippen LogP contribution >= 0.6 is 10.5 Å². The molecule has 4 aliphatic rings. The molecule has 0 aromatic rings. The monoisotopic (exact) mass is 586 g/mol. The van der Waals surface area contributed by atoms with E-state index in [4.69, 9.17) is 48.1 Å². The molecule has 0 spiro atoms. The summed E-state index contributed by atoms with van der Waals surface area (Å²) in [4.78, 5) is 0. The SMILES string of the molecule is S=P([S-])(C1CCCCC1)C1CCCCC1.S=P([S-])(C1CCCCC1)C1CCCCC1.[Zn+2]. The van der Waals surface area contributed by atoms with Crippen molar-refractivity contribution < 1.29 is 19.5 Å². The summed E-state index contributed by atoms with van der Waals surface area (Å²) in [5.74, 6) is 0. The summed E-state index contributed by atoms with van der Waals surface area (Å²) >= 11 is 23.6. The molecule has 4 rings (SSSR count). The molecule has 4 fully saturated rings. The van der Waals surface area contributed by atoms with E-state index in [-0.39, 0.29) is 19.5 Å². The van der Waals surface area contributed by atoms with Gasteiger partial charge in [-0.3, -0.25) is 0 Å². The van der Waals surface area contributed by atoms with Gasteiger partial charge in [-0.05, 0) is 74.0 Å². The minimum absolute atomic E-state index is 0. The van der Waals surface area contributed by atoms with E-state index in [1.807, 2.05) is 0 Å². The molecule has 0 aliphatic heterocycles. The zero-order chi connectivity index (χ0) is 21.5. The van der Waals surface area contributed by atoms with Crippen molar-refractivity contribution in [2.45, 2.75) is 151 Å². The smallest absolute Gasteiger partial charge is 0.746 e. The average molecular weight is 588 g/mol. The zero-order valence-electron chi connectivity index (χ0n) is 19.7. The third-order valence-electron chi connectivity index (χ3n) is 8.33. The van der Waals surface area contributed by atoms with Crippen LogP contribution in [-0.4, -0.2) is 22.6 Å². The minimum Gasteiger partial charge on any atom is -0.746 e. The van der Waals surface area contributed by atoms with Gasteiger partial charge in [-0.25, -0.2) is 0 Å². The van der Waals surface area contributed by atoms with E-state index in [2.05, 4.69) is 0 Å². The molecule has 31 heavy (non-hydrogen) atoms. The molecule has 0 amide bonds. The van der Waals surface area contributed by atoms with Crippen molar-refractivity contribution in [3.8, 4) is 0 Å². The van der Waals surface area contributed by atoms with Crippen LogP contribution in [0.15, 0.2) is 0 Å². The third kappa shape index (κ3) is 8.90. The topological polar surface area (TPSA) is 0 Å². The van der Waals surface area contributed by atoms with Crippen LogP contribution in [0.2, 0.25) is 0 Å². The van der Waals surface area contributed by atoms with Gasteiger partial charge >= 0.3 is 19.5 Å². The standard InChI is InChI=1S/2C12H23PS2.Zn/c2*14-13(15,11-7-3-1-4-8-11)12-9-5-2-6-10-12;/h2*11-12H,1-10H2,(H,14,15);/q;;+2/p-2. The molecule has 4 saturated carbocycles. The van der Waals surface area contributed by atoms with Crippen molar-refractivity contribution in [1.82, 2.24) is 0 Å². The fraction of sp³-hybridized carbons (Fsp3) is 1.00. The van der Waals surface area contributed by atoms with Gasteiger partial charge in [-0.1, -0.05) is 77.0 Å². The first-order valence-electron chi connectivity index (χ1n) is 13.0. The van der Waals surface area contributed by atoms with Gasteiger partial charge in [0.2, 0.25) is 0 Å².